The summed E-state index contributed by atoms with van der Waals surface area (Å²) in [5.74, 6) is 0. The number of amides is 2. The number of nitrogens with two attached hydrogens (primary N) is 1. The second-order valence-electron chi connectivity index (χ2n) is 5.58. The van der Waals surface area contributed by atoms with Crippen LogP contribution in [0.5, 0.6) is 0 Å². The minimum atomic E-state index is 0.0301. The van der Waals surface area contributed by atoms with Crippen LogP contribution in [-0.4, -0.2) is 56.4 Å². The Bertz CT molecular complexity index is 477. The first kappa shape index (κ1) is 14.0. The Morgan fingerprint density at radius 1 is 1.19 bits per heavy atom. The number of urea groups is 1. The van der Waals surface area contributed by atoms with Crippen molar-refractivity contribution < 1.29 is 9.53 Å². The molecule has 0 aliphatic carbocycles. The summed E-state index contributed by atoms with van der Waals surface area (Å²) in [6.45, 7) is 4.55. The summed E-state index contributed by atoms with van der Waals surface area (Å²) in [5, 5.41) is 3.04. The molecule has 114 valence electrons. The number of ether oxygens (including phenoxy) is 1. The number of hydrogen-bond donors (Lipinski definition) is 2. The maximum absolute atomic E-state index is 12.2. The van der Waals surface area contributed by atoms with Gasteiger partial charge in [-0.05, 0) is 30.7 Å². The van der Waals surface area contributed by atoms with Crippen LogP contribution in [0.1, 0.15) is 6.42 Å². The molecule has 1 aromatic carbocycles. The molecule has 0 bridgehead atoms. The lowest BCUT2D eigenvalue weighted by atomic mass is 10.2. The molecule has 2 aliphatic rings. The van der Waals surface area contributed by atoms with Crippen LogP contribution in [0.25, 0.3) is 0 Å². The van der Waals surface area contributed by atoms with Gasteiger partial charge in [-0.2, -0.15) is 0 Å². The van der Waals surface area contributed by atoms with E-state index in [1.165, 1.54) is 0 Å². The monoisotopic (exact) mass is 290 g/mol. The first-order valence-corrected chi connectivity index (χ1v) is 7.46. The Kier molecular flexibility index (Phi) is 4.15. The van der Waals surface area contributed by atoms with Crippen molar-refractivity contribution in [1.82, 2.24) is 10.2 Å². The van der Waals surface area contributed by atoms with Crippen molar-refractivity contribution in [3.05, 3.63) is 24.3 Å². The fraction of sp³-hybridized carbons (Fsp3) is 0.533. The number of carbonyl (C=O) groups excluding carboxylic acids is 1. The number of hydrogen-bond acceptors (Lipinski definition) is 4. The topological polar surface area (TPSA) is 70.8 Å². The van der Waals surface area contributed by atoms with E-state index >= 15 is 0 Å². The second kappa shape index (κ2) is 6.22. The standard InChI is InChI=1S/C15H22N4O2/c16-12-1-3-14(4-2-12)18-6-8-19(9-7-18)15(20)17-13-5-10-21-11-13/h1-4,13H,5-11,16H2,(H,17,20). The largest absolute Gasteiger partial charge is 0.399 e. The van der Waals surface area contributed by atoms with Crippen molar-refractivity contribution in [2.75, 3.05) is 50.0 Å². The van der Waals surface area contributed by atoms with Crippen LogP contribution in [0, 0.1) is 0 Å². The van der Waals surface area contributed by atoms with Gasteiger partial charge in [0.1, 0.15) is 0 Å². The predicted octanol–water partition coefficient (Wildman–Crippen LogP) is 0.889. The Morgan fingerprint density at radius 3 is 2.52 bits per heavy atom. The van der Waals surface area contributed by atoms with Crippen molar-refractivity contribution in [1.29, 1.82) is 0 Å². The molecule has 0 saturated carbocycles. The smallest absolute Gasteiger partial charge is 0.317 e. The van der Waals surface area contributed by atoms with E-state index in [0.29, 0.717) is 6.61 Å². The molecule has 2 amide bonds. The average molecular weight is 290 g/mol. The summed E-state index contributed by atoms with van der Waals surface area (Å²) in [4.78, 5) is 16.3. The summed E-state index contributed by atoms with van der Waals surface area (Å²) < 4.78 is 5.28. The summed E-state index contributed by atoms with van der Waals surface area (Å²) >= 11 is 0. The lowest BCUT2D eigenvalue weighted by molar-refractivity contribution is 0.176. The number of benzene rings is 1. The van der Waals surface area contributed by atoms with E-state index in [2.05, 4.69) is 10.2 Å². The third kappa shape index (κ3) is 3.39. The van der Waals surface area contributed by atoms with Gasteiger partial charge in [0, 0.05) is 44.2 Å². The molecule has 2 heterocycles. The molecule has 3 rings (SSSR count). The third-order valence-electron chi connectivity index (χ3n) is 4.08. The van der Waals surface area contributed by atoms with Gasteiger partial charge in [-0.25, -0.2) is 4.79 Å². The van der Waals surface area contributed by atoms with E-state index in [9.17, 15) is 4.79 Å². The first-order valence-electron chi connectivity index (χ1n) is 7.46. The zero-order valence-corrected chi connectivity index (χ0v) is 12.1. The van der Waals surface area contributed by atoms with Crippen molar-refractivity contribution in [2.24, 2.45) is 0 Å². The molecule has 6 heteroatoms. The van der Waals surface area contributed by atoms with Crippen molar-refractivity contribution >= 4 is 17.4 Å². The van der Waals surface area contributed by atoms with Gasteiger partial charge in [0.05, 0.1) is 12.6 Å². The van der Waals surface area contributed by atoms with Crippen molar-refractivity contribution in [3.63, 3.8) is 0 Å². The quantitative estimate of drug-likeness (QED) is 0.794. The molecule has 2 saturated heterocycles. The van der Waals surface area contributed by atoms with E-state index < -0.39 is 0 Å². The summed E-state index contributed by atoms with van der Waals surface area (Å²) in [6.07, 6.45) is 0.914. The van der Waals surface area contributed by atoms with Crippen LogP contribution in [0.2, 0.25) is 0 Å². The number of nitrogens with zero attached hydrogens (tertiary/aromatic N) is 2. The van der Waals surface area contributed by atoms with Crippen LogP contribution in [-0.2, 0) is 4.74 Å². The minimum absolute atomic E-state index is 0.0301. The van der Waals surface area contributed by atoms with Crippen molar-refractivity contribution in [2.45, 2.75) is 12.5 Å². The molecule has 0 radical (unpaired) electrons. The van der Waals surface area contributed by atoms with Gasteiger partial charge in [-0.1, -0.05) is 0 Å². The number of nitrogens with one attached hydrogen (secondary N) is 1. The maximum atomic E-state index is 12.2. The maximum Gasteiger partial charge on any atom is 0.317 e. The lowest BCUT2D eigenvalue weighted by Crippen LogP contribution is -2.53. The van der Waals surface area contributed by atoms with E-state index in [-0.39, 0.29) is 12.1 Å². The molecule has 1 atom stereocenters. The summed E-state index contributed by atoms with van der Waals surface area (Å²) in [7, 11) is 0. The van der Waals surface area contributed by atoms with Gasteiger partial charge in [-0.15, -0.1) is 0 Å². The van der Waals surface area contributed by atoms with Crippen LogP contribution < -0.4 is 16.0 Å². The molecule has 2 aliphatic heterocycles. The molecule has 6 nitrogen and oxygen atoms in total. The molecule has 0 aromatic heterocycles. The van der Waals surface area contributed by atoms with Gasteiger partial charge in [-0.3, -0.25) is 0 Å². The summed E-state index contributed by atoms with van der Waals surface area (Å²) in [5.41, 5.74) is 7.64. The highest BCUT2D eigenvalue weighted by molar-refractivity contribution is 5.75. The molecule has 1 unspecified atom stereocenters. The second-order valence-corrected chi connectivity index (χ2v) is 5.58. The van der Waals surface area contributed by atoms with Gasteiger partial charge in [0.25, 0.3) is 0 Å². The van der Waals surface area contributed by atoms with E-state index in [1.54, 1.807) is 0 Å². The van der Waals surface area contributed by atoms with Gasteiger partial charge in [0.2, 0.25) is 0 Å². The zero-order chi connectivity index (χ0) is 14.7. The highest BCUT2D eigenvalue weighted by Gasteiger charge is 2.24. The fourth-order valence-electron chi connectivity index (χ4n) is 2.77. The SMILES string of the molecule is Nc1ccc(N2CCN(C(=O)NC3CCOC3)CC2)cc1. The normalized spacial score (nSPS) is 22.4. The minimum Gasteiger partial charge on any atom is -0.399 e. The highest BCUT2D eigenvalue weighted by atomic mass is 16.5. The molecular weight excluding hydrogens is 268 g/mol. The van der Waals surface area contributed by atoms with Gasteiger partial charge < -0.3 is 25.6 Å². The molecule has 0 spiro atoms. The third-order valence-corrected chi connectivity index (χ3v) is 4.08. The highest BCUT2D eigenvalue weighted by Crippen LogP contribution is 2.18. The summed E-state index contributed by atoms with van der Waals surface area (Å²) in [6, 6.07) is 8.08. The van der Waals surface area contributed by atoms with Crippen molar-refractivity contribution in [3.8, 4) is 0 Å². The molecule has 21 heavy (non-hydrogen) atoms. The zero-order valence-electron chi connectivity index (χ0n) is 12.1. The number of rotatable bonds is 2. The Morgan fingerprint density at radius 2 is 1.90 bits per heavy atom. The molecule has 1 aromatic rings. The molecule has 3 N–H and O–H groups in total. The number of piperazine rings is 1. The average Bonchev–Trinajstić information content (AvgIpc) is 3.01. The molecular formula is C15H22N4O2. The number of carbonyl (C=O) groups is 1. The lowest BCUT2D eigenvalue weighted by Gasteiger charge is -2.36. The van der Waals surface area contributed by atoms with Crippen LogP contribution in [0.4, 0.5) is 16.2 Å². The van der Waals surface area contributed by atoms with E-state index in [4.69, 9.17) is 10.5 Å². The van der Waals surface area contributed by atoms with E-state index in [0.717, 1.165) is 50.6 Å². The van der Waals surface area contributed by atoms with Crippen LogP contribution in [0.15, 0.2) is 24.3 Å². The first-order chi connectivity index (χ1) is 10.2. The van der Waals surface area contributed by atoms with Crippen LogP contribution in [0.3, 0.4) is 0 Å². The van der Waals surface area contributed by atoms with Gasteiger partial charge >= 0.3 is 6.03 Å². The Labute approximate surface area is 124 Å². The number of anilines is 2. The number of nitrogen functional groups attached to an aromatic ring is 1. The fourth-order valence-corrected chi connectivity index (χ4v) is 2.77. The Hall–Kier alpha value is -1.95. The van der Waals surface area contributed by atoms with E-state index in [1.807, 2.05) is 29.2 Å². The predicted molar refractivity (Wildman–Crippen MR) is 82.4 cm³/mol. The molecule has 2 fully saturated rings. The van der Waals surface area contributed by atoms with Gasteiger partial charge in [0.15, 0.2) is 0 Å². The Balaban J connectivity index is 1.50. The van der Waals surface area contributed by atoms with Crippen LogP contribution >= 0.6 is 0 Å².